The van der Waals surface area contributed by atoms with Gasteiger partial charge in [-0.3, -0.25) is 0 Å². The highest BCUT2D eigenvalue weighted by Crippen LogP contribution is 2.56. The van der Waals surface area contributed by atoms with Crippen LogP contribution in [0.15, 0.2) is 388 Å². The molecule has 0 spiro atoms. The molecule has 0 saturated carbocycles. The summed E-state index contributed by atoms with van der Waals surface area (Å²) in [5, 5.41) is 16.4. The first kappa shape index (κ1) is 54.8. The number of rotatable bonds is 8. The van der Waals surface area contributed by atoms with Gasteiger partial charge in [-0.2, -0.15) is 0 Å². The Morgan fingerprint density at radius 1 is 0.256 bits per heavy atom. The second-order valence-corrected chi connectivity index (χ2v) is 33.6. The van der Waals surface area contributed by atoms with E-state index in [1.807, 2.05) is 36.4 Å². The fourth-order valence-corrected chi connectivity index (χ4v) is 20.1. The normalized spacial score (nSPS) is 14.6. The molecular formula is C116H79BN4. The Balaban J connectivity index is 0.890. The molecule has 4 nitrogen and oxygen atoms in total. The van der Waals surface area contributed by atoms with Crippen LogP contribution in [0.2, 0.25) is 0 Å². The van der Waals surface area contributed by atoms with Crippen LogP contribution in [0.25, 0.3) is 186 Å². The molecule has 2 aliphatic rings. The monoisotopic (exact) mass is 1550 g/mol. The zero-order valence-corrected chi connectivity index (χ0v) is 66.6. The van der Waals surface area contributed by atoms with Crippen LogP contribution in [-0.4, -0.2) is 15.8 Å². The summed E-state index contributed by atoms with van der Waals surface area (Å²) in [6.07, 6.45) is 0. The molecule has 0 unspecified atom stereocenters. The molecule has 0 saturated heterocycles. The molecule has 23 aromatic rings. The van der Waals surface area contributed by atoms with E-state index < -0.39 is 109 Å². The fourth-order valence-electron chi connectivity index (χ4n) is 20.1. The molecule has 0 atom stereocenters. The lowest BCUT2D eigenvalue weighted by Gasteiger charge is -2.46. The van der Waals surface area contributed by atoms with Crippen molar-refractivity contribution in [3.63, 3.8) is 0 Å². The van der Waals surface area contributed by atoms with Gasteiger partial charge in [-0.05, 0) is 270 Å². The van der Waals surface area contributed by atoms with Crippen LogP contribution in [0.3, 0.4) is 0 Å². The van der Waals surface area contributed by atoms with Crippen LogP contribution in [-0.2, 0) is 5.41 Å². The van der Waals surface area contributed by atoms with Gasteiger partial charge in [-0.25, -0.2) is 0 Å². The van der Waals surface area contributed by atoms with E-state index in [-0.39, 0.29) is 43.6 Å². The van der Waals surface area contributed by atoms with E-state index in [2.05, 4.69) is 299 Å². The van der Waals surface area contributed by atoms with Gasteiger partial charge in [0.05, 0.1) is 55.4 Å². The number of hydrogen-bond acceptors (Lipinski definition) is 2. The van der Waals surface area contributed by atoms with Gasteiger partial charge >= 0.3 is 0 Å². The third-order valence-electron chi connectivity index (χ3n) is 25.7. The fraction of sp³-hybridized carbons (Fsp3) is 0.0517. The highest BCUT2D eigenvalue weighted by atomic mass is 15.2. The molecule has 2 aromatic heterocycles. The summed E-state index contributed by atoms with van der Waals surface area (Å²) in [6.45, 7) is 10.1. The first-order valence-corrected chi connectivity index (χ1v) is 41.1. The summed E-state index contributed by atoms with van der Waals surface area (Å²) < 4.78 is 158. The van der Waals surface area contributed by atoms with Crippen molar-refractivity contribution in [1.29, 1.82) is 0 Å². The number of hydrogen-bond donors (Lipinski definition) is 0. The minimum atomic E-state index is -0.831. The van der Waals surface area contributed by atoms with Crippen molar-refractivity contribution in [2.75, 3.05) is 9.80 Å². The molecule has 4 heterocycles. The summed E-state index contributed by atoms with van der Waals surface area (Å²) in [6, 6.07) is 95.1. The summed E-state index contributed by atoms with van der Waals surface area (Å²) >= 11 is 0. The average Bonchev–Trinajstić information content (AvgIpc) is 1.32. The smallest absolute Gasteiger partial charge is 0.252 e. The predicted molar refractivity (Wildman–Crippen MR) is 519 cm³/mol. The van der Waals surface area contributed by atoms with Gasteiger partial charge in [0.15, 0.2) is 0 Å². The number of nitrogens with zero attached hydrogens (tertiary/aromatic N) is 4. The summed E-state index contributed by atoms with van der Waals surface area (Å²) in [4.78, 5) is 4.78. The van der Waals surface area contributed by atoms with Gasteiger partial charge in [0.1, 0.15) is 0 Å². The molecule has 0 fully saturated rings. The van der Waals surface area contributed by atoms with Crippen molar-refractivity contribution in [2.45, 2.75) is 40.0 Å². The van der Waals surface area contributed by atoms with E-state index in [9.17, 15) is 21.9 Å². The van der Waals surface area contributed by atoms with Gasteiger partial charge < -0.3 is 18.9 Å². The number of anilines is 6. The first-order valence-electron chi connectivity index (χ1n) is 49.1. The molecule has 0 amide bonds. The van der Waals surface area contributed by atoms with E-state index in [4.69, 9.17) is 0 Å². The SMILES string of the molecule is [2H]c1c([2H])c([2H])c2c(c1[2H])c1c([2H])c([2H])c([2H])c([2H])c1n2-c1ccc2c(c1)N(c1c(-c3ccc4ccc5ccccc5c4c3)cc(C)cc1-c1ccc3ccc4ccccc4c3c1)c1cc(C(C)(C)C)cc3c1B2c1ccc(-n2c4c([2H])c([2H])c([2H])c([2H])c4c4c([2H])c([2H])c([2H])c([2H])c42)cc1N3c1c(-c2ccc3ccc4ccccc4c3c2)cc(C)cc1-c1ccc2ccc3ccccc3c2c1. The first-order chi connectivity index (χ1) is 66.1. The maximum Gasteiger partial charge on any atom is 0.252 e. The summed E-state index contributed by atoms with van der Waals surface area (Å²) in [5.41, 5.74) is 15.8. The standard InChI is InChI=1S/C116H79BN4/c1-70-58-99(80-50-46-76-42-38-72-22-6-10-26-87(72)95(76)62-80)114(100(59-70)81-51-47-77-43-39-73-23-7-11-27-88(73)96(77)63-81)120-109-68-85(118-105-34-18-14-30-91(105)92-31-15-19-35-106(92)118)54-56-103(109)117-104-57-55-86(119-107-36-20-16-32-93(107)94-33-17-21-37-108(94)119)69-110(104)121(112-67-84(116(3,4)5)66-111(120)113(112)117)115-101(82-52-48-78-44-40-74-24-8-12-28-89(74)97(78)64-82)60-71(2)61-102(115)83-53-49-79-45-41-75-25-9-13-29-90(75)98(79)65-83/h6-69H,1-5H3/i14D,15D,16D,17D,18D,19D,20D,21D,30D,31D,32D,33D,34D,35D,36D,37D. The van der Waals surface area contributed by atoms with Crippen LogP contribution in [0.1, 0.15) is 59.4 Å². The van der Waals surface area contributed by atoms with Crippen molar-refractivity contribution in [2.24, 2.45) is 0 Å². The molecule has 25 rings (SSSR count). The molecule has 0 aliphatic carbocycles. The van der Waals surface area contributed by atoms with Crippen molar-refractivity contribution in [1.82, 2.24) is 9.13 Å². The van der Waals surface area contributed by atoms with E-state index >= 15 is 0 Å². The van der Waals surface area contributed by atoms with Crippen LogP contribution >= 0.6 is 0 Å². The Hall–Kier alpha value is -15.0. The Labute approximate surface area is 724 Å². The number of aryl methyl sites for hydroxylation is 2. The quantitative estimate of drug-likeness (QED) is 0.111. The van der Waals surface area contributed by atoms with Crippen molar-refractivity contribution >= 4 is 187 Å². The van der Waals surface area contributed by atoms with E-state index in [0.717, 1.165) is 187 Å². The molecule has 2 aliphatic heterocycles. The molecule has 0 radical (unpaired) electrons. The topological polar surface area (TPSA) is 16.3 Å². The second-order valence-electron chi connectivity index (χ2n) is 33.6. The third kappa shape index (κ3) is 10.5. The maximum atomic E-state index is 10.1. The lowest BCUT2D eigenvalue weighted by Crippen LogP contribution is -2.61. The number of benzene rings is 21. The predicted octanol–water partition coefficient (Wildman–Crippen LogP) is 29.8. The third-order valence-corrected chi connectivity index (χ3v) is 25.7. The Bertz CT molecular complexity index is 8540. The molecule has 566 valence electrons. The van der Waals surface area contributed by atoms with Crippen molar-refractivity contribution < 1.29 is 21.9 Å². The average molecular weight is 1560 g/mol. The molecule has 121 heavy (non-hydrogen) atoms. The van der Waals surface area contributed by atoms with Crippen molar-refractivity contribution in [3.8, 4) is 55.9 Å². The zero-order valence-electron chi connectivity index (χ0n) is 82.6. The lowest BCUT2D eigenvalue weighted by molar-refractivity contribution is 0.590. The maximum absolute atomic E-state index is 10.1. The minimum Gasteiger partial charge on any atom is -0.310 e. The van der Waals surface area contributed by atoms with Crippen molar-refractivity contribution in [3.05, 3.63) is 405 Å². The van der Waals surface area contributed by atoms with Gasteiger partial charge in [-0.15, -0.1) is 0 Å². The Morgan fingerprint density at radius 2 is 0.529 bits per heavy atom. The second kappa shape index (κ2) is 26.2. The largest absolute Gasteiger partial charge is 0.310 e. The molecular weight excluding hydrogens is 1460 g/mol. The molecule has 0 bridgehead atoms. The van der Waals surface area contributed by atoms with Crippen LogP contribution in [0.4, 0.5) is 34.1 Å². The van der Waals surface area contributed by atoms with Crippen LogP contribution < -0.4 is 26.2 Å². The van der Waals surface area contributed by atoms with Crippen LogP contribution in [0.5, 0.6) is 0 Å². The zero-order chi connectivity index (χ0) is 94.1. The number of fused-ring (bicyclic) bond motifs is 22. The van der Waals surface area contributed by atoms with Gasteiger partial charge in [-0.1, -0.05) is 300 Å². The van der Waals surface area contributed by atoms with Gasteiger partial charge in [0.2, 0.25) is 0 Å². The van der Waals surface area contributed by atoms with E-state index in [0.29, 0.717) is 22.7 Å². The van der Waals surface area contributed by atoms with Gasteiger partial charge in [0, 0.05) is 77.9 Å². The Morgan fingerprint density at radius 3 is 0.826 bits per heavy atom. The summed E-state index contributed by atoms with van der Waals surface area (Å²) in [5.74, 6) is 0. The Kier molecular flexibility index (Phi) is 11.9. The number of para-hydroxylation sites is 4. The lowest BCUT2D eigenvalue weighted by atomic mass is 9.33. The number of aromatic nitrogens is 2. The minimum absolute atomic E-state index is 0.0589. The van der Waals surface area contributed by atoms with E-state index in [1.165, 1.54) is 0 Å². The van der Waals surface area contributed by atoms with E-state index in [1.54, 1.807) is 9.13 Å². The summed E-state index contributed by atoms with van der Waals surface area (Å²) in [7, 11) is 0. The molecule has 0 N–H and O–H groups in total. The van der Waals surface area contributed by atoms with Gasteiger partial charge in [0.25, 0.3) is 6.71 Å². The highest BCUT2D eigenvalue weighted by Gasteiger charge is 2.47. The van der Waals surface area contributed by atoms with Crippen LogP contribution in [0, 0.1) is 13.8 Å². The molecule has 5 heteroatoms. The molecule has 21 aromatic carbocycles. The highest BCUT2D eigenvalue weighted by molar-refractivity contribution is 7.00.